The Balaban J connectivity index is 3.25. The monoisotopic (exact) mass is 299 g/mol. The molecule has 0 saturated carbocycles. The number of aliphatic carboxylic acids is 1. The molecule has 0 amide bonds. The molecule has 5 nitrogen and oxygen atoms in total. The standard InChI is InChI=1S/C14H21NO4S/c1-3-7-12(14(16)17)11-8-5-6-9-13(11)20(18,19)15-10-4-2/h5-6,8-9,12,15H,3-4,7,10H2,1-2H3,(H,16,17). The van der Waals surface area contributed by atoms with E-state index in [1.54, 1.807) is 18.2 Å². The van der Waals surface area contributed by atoms with Gasteiger partial charge in [0.2, 0.25) is 10.0 Å². The second kappa shape index (κ2) is 7.40. The highest BCUT2D eigenvalue weighted by Gasteiger charge is 2.26. The summed E-state index contributed by atoms with van der Waals surface area (Å²) in [7, 11) is -3.66. The Labute approximate surface area is 120 Å². The molecule has 0 aliphatic heterocycles. The van der Waals surface area contributed by atoms with Gasteiger partial charge in [0.15, 0.2) is 0 Å². The van der Waals surface area contributed by atoms with Gasteiger partial charge >= 0.3 is 5.97 Å². The second-order valence-electron chi connectivity index (χ2n) is 4.62. The summed E-state index contributed by atoms with van der Waals surface area (Å²) in [5.74, 6) is -1.79. The van der Waals surface area contributed by atoms with Crippen molar-refractivity contribution >= 4 is 16.0 Å². The Morgan fingerprint density at radius 2 is 1.90 bits per heavy atom. The summed E-state index contributed by atoms with van der Waals surface area (Å²) in [6, 6.07) is 6.31. The summed E-state index contributed by atoms with van der Waals surface area (Å²) in [4.78, 5) is 11.4. The summed E-state index contributed by atoms with van der Waals surface area (Å²) >= 11 is 0. The first-order valence-corrected chi connectivity index (χ1v) is 8.23. The summed E-state index contributed by atoms with van der Waals surface area (Å²) in [6.45, 7) is 4.08. The van der Waals surface area contributed by atoms with Crippen LogP contribution in [0.1, 0.15) is 44.6 Å². The third-order valence-corrected chi connectivity index (χ3v) is 4.54. The number of carboxylic acid groups (broad SMARTS) is 1. The molecule has 0 radical (unpaired) electrons. The number of rotatable bonds is 8. The van der Waals surface area contributed by atoms with E-state index in [4.69, 9.17) is 0 Å². The van der Waals surface area contributed by atoms with Crippen LogP contribution in [-0.4, -0.2) is 26.0 Å². The van der Waals surface area contributed by atoms with E-state index >= 15 is 0 Å². The molecule has 1 atom stereocenters. The first kappa shape index (κ1) is 16.7. The number of sulfonamides is 1. The summed E-state index contributed by atoms with van der Waals surface area (Å²) in [5, 5.41) is 9.31. The zero-order chi connectivity index (χ0) is 15.2. The van der Waals surface area contributed by atoms with Crippen molar-refractivity contribution < 1.29 is 18.3 Å². The van der Waals surface area contributed by atoms with Gasteiger partial charge in [0.25, 0.3) is 0 Å². The molecule has 1 rings (SSSR count). The van der Waals surface area contributed by atoms with Crippen molar-refractivity contribution in [1.29, 1.82) is 0 Å². The smallest absolute Gasteiger partial charge is 0.311 e. The molecule has 1 unspecified atom stereocenters. The highest BCUT2D eigenvalue weighted by atomic mass is 32.2. The van der Waals surface area contributed by atoms with Gasteiger partial charge in [0.1, 0.15) is 0 Å². The maximum absolute atomic E-state index is 12.2. The summed E-state index contributed by atoms with van der Waals surface area (Å²) in [6.07, 6.45) is 1.77. The molecule has 0 bridgehead atoms. The quantitative estimate of drug-likeness (QED) is 0.771. The molecule has 112 valence electrons. The summed E-state index contributed by atoms with van der Waals surface area (Å²) < 4.78 is 27.0. The van der Waals surface area contributed by atoms with Crippen LogP contribution in [-0.2, 0) is 14.8 Å². The molecule has 0 aliphatic carbocycles. The molecule has 2 N–H and O–H groups in total. The molecule has 0 aliphatic rings. The van der Waals surface area contributed by atoms with E-state index in [1.165, 1.54) is 6.07 Å². The van der Waals surface area contributed by atoms with Gasteiger partial charge in [-0.2, -0.15) is 0 Å². The van der Waals surface area contributed by atoms with E-state index in [2.05, 4.69) is 4.72 Å². The molecule has 0 spiro atoms. The van der Waals surface area contributed by atoms with Crippen LogP contribution in [0, 0.1) is 0 Å². The molecule has 0 aromatic heterocycles. The zero-order valence-corrected chi connectivity index (χ0v) is 12.6. The first-order chi connectivity index (χ1) is 9.44. The Kier molecular flexibility index (Phi) is 6.16. The van der Waals surface area contributed by atoms with Gasteiger partial charge in [-0.1, -0.05) is 38.5 Å². The van der Waals surface area contributed by atoms with Crippen molar-refractivity contribution in [2.24, 2.45) is 0 Å². The highest BCUT2D eigenvalue weighted by Crippen LogP contribution is 2.27. The van der Waals surface area contributed by atoms with Crippen LogP contribution in [0.15, 0.2) is 29.2 Å². The number of carboxylic acids is 1. The highest BCUT2D eigenvalue weighted by molar-refractivity contribution is 7.89. The van der Waals surface area contributed by atoms with Gasteiger partial charge < -0.3 is 5.11 Å². The number of benzene rings is 1. The maximum atomic E-state index is 12.2. The minimum Gasteiger partial charge on any atom is -0.481 e. The third-order valence-electron chi connectivity index (χ3n) is 3.00. The number of hydrogen-bond donors (Lipinski definition) is 2. The second-order valence-corrected chi connectivity index (χ2v) is 6.35. The Bertz CT molecular complexity index is 554. The minimum absolute atomic E-state index is 0.0642. The summed E-state index contributed by atoms with van der Waals surface area (Å²) in [5.41, 5.74) is 0.352. The van der Waals surface area contributed by atoms with E-state index in [0.717, 1.165) is 0 Å². The predicted octanol–water partition coefficient (Wildman–Crippen LogP) is 2.34. The van der Waals surface area contributed by atoms with Crippen molar-refractivity contribution in [1.82, 2.24) is 4.72 Å². The topological polar surface area (TPSA) is 83.5 Å². The van der Waals surface area contributed by atoms with Crippen molar-refractivity contribution in [2.75, 3.05) is 6.54 Å². The van der Waals surface area contributed by atoms with Gasteiger partial charge in [-0.3, -0.25) is 4.79 Å². The van der Waals surface area contributed by atoms with Gasteiger partial charge in [-0.05, 0) is 24.5 Å². The van der Waals surface area contributed by atoms with Crippen molar-refractivity contribution in [3.8, 4) is 0 Å². The lowest BCUT2D eigenvalue weighted by molar-refractivity contribution is -0.139. The fourth-order valence-corrected chi connectivity index (χ4v) is 3.43. The SMILES string of the molecule is CCCNS(=O)(=O)c1ccccc1C(CCC)C(=O)O. The van der Waals surface area contributed by atoms with Gasteiger partial charge in [0.05, 0.1) is 10.8 Å². The maximum Gasteiger partial charge on any atom is 0.311 e. The zero-order valence-electron chi connectivity index (χ0n) is 11.8. The number of carbonyl (C=O) groups is 1. The molecular formula is C14H21NO4S. The Hall–Kier alpha value is -1.40. The molecular weight excluding hydrogens is 278 g/mol. The molecule has 6 heteroatoms. The molecule has 0 heterocycles. The van der Waals surface area contributed by atoms with E-state index in [1.807, 2.05) is 13.8 Å². The fraction of sp³-hybridized carbons (Fsp3) is 0.500. The number of hydrogen-bond acceptors (Lipinski definition) is 3. The van der Waals surface area contributed by atoms with Crippen LogP contribution in [0.2, 0.25) is 0 Å². The molecule has 1 aromatic carbocycles. The Morgan fingerprint density at radius 3 is 2.45 bits per heavy atom. The van der Waals surface area contributed by atoms with Crippen molar-refractivity contribution in [2.45, 2.75) is 43.9 Å². The van der Waals surface area contributed by atoms with E-state index < -0.39 is 21.9 Å². The van der Waals surface area contributed by atoms with Crippen molar-refractivity contribution in [3.05, 3.63) is 29.8 Å². The van der Waals surface area contributed by atoms with Crippen LogP contribution in [0.4, 0.5) is 0 Å². The number of nitrogens with one attached hydrogen (secondary N) is 1. The normalized spacial score (nSPS) is 13.1. The largest absolute Gasteiger partial charge is 0.481 e. The van der Waals surface area contributed by atoms with Crippen molar-refractivity contribution in [3.63, 3.8) is 0 Å². The minimum atomic E-state index is -3.66. The van der Waals surface area contributed by atoms with Gasteiger partial charge in [0, 0.05) is 6.54 Å². The Morgan fingerprint density at radius 1 is 1.25 bits per heavy atom. The van der Waals surface area contributed by atoms with E-state index in [0.29, 0.717) is 31.4 Å². The third kappa shape index (κ3) is 4.05. The molecule has 20 heavy (non-hydrogen) atoms. The molecule has 1 aromatic rings. The van der Waals surface area contributed by atoms with Gasteiger partial charge in [-0.25, -0.2) is 13.1 Å². The molecule has 0 saturated heterocycles. The van der Waals surface area contributed by atoms with Crippen LogP contribution >= 0.6 is 0 Å². The van der Waals surface area contributed by atoms with Crippen LogP contribution in [0.3, 0.4) is 0 Å². The average molecular weight is 299 g/mol. The first-order valence-electron chi connectivity index (χ1n) is 6.75. The predicted molar refractivity (Wildman–Crippen MR) is 77.2 cm³/mol. The van der Waals surface area contributed by atoms with E-state index in [-0.39, 0.29) is 4.90 Å². The average Bonchev–Trinajstić information content (AvgIpc) is 2.42. The lowest BCUT2D eigenvalue weighted by atomic mass is 9.95. The van der Waals surface area contributed by atoms with Crippen LogP contribution in [0.25, 0.3) is 0 Å². The van der Waals surface area contributed by atoms with Gasteiger partial charge in [-0.15, -0.1) is 0 Å². The van der Waals surface area contributed by atoms with Crippen LogP contribution < -0.4 is 4.72 Å². The van der Waals surface area contributed by atoms with Crippen LogP contribution in [0.5, 0.6) is 0 Å². The lowest BCUT2D eigenvalue weighted by Crippen LogP contribution is -2.26. The fourth-order valence-electron chi connectivity index (χ4n) is 2.03. The van der Waals surface area contributed by atoms with E-state index in [9.17, 15) is 18.3 Å². The lowest BCUT2D eigenvalue weighted by Gasteiger charge is -2.16. The molecule has 0 fully saturated rings.